The van der Waals surface area contributed by atoms with Gasteiger partial charge >= 0.3 is 0 Å². The van der Waals surface area contributed by atoms with E-state index in [2.05, 4.69) is 5.32 Å². The first-order valence-electron chi connectivity index (χ1n) is 4.98. The molecule has 1 unspecified atom stereocenters. The molecule has 5 heteroatoms. The molecule has 0 aliphatic carbocycles. The molecule has 0 radical (unpaired) electrons. The minimum Gasteiger partial charge on any atom is -0.352 e. The third-order valence-electron chi connectivity index (χ3n) is 2.20. The van der Waals surface area contributed by atoms with Crippen molar-refractivity contribution < 1.29 is 9.18 Å². The van der Waals surface area contributed by atoms with Gasteiger partial charge in [-0.2, -0.15) is 0 Å². The third-order valence-corrected chi connectivity index (χ3v) is 2.52. The zero-order chi connectivity index (χ0) is 12.1. The summed E-state index contributed by atoms with van der Waals surface area (Å²) in [5.41, 5.74) is 5.29. The topological polar surface area (TPSA) is 55.1 Å². The van der Waals surface area contributed by atoms with Gasteiger partial charge in [0.1, 0.15) is 5.82 Å². The Hall–Kier alpha value is -1.13. The third kappa shape index (κ3) is 3.18. The highest BCUT2D eigenvalue weighted by molar-refractivity contribution is 6.33. The number of hydrogen-bond acceptors (Lipinski definition) is 2. The summed E-state index contributed by atoms with van der Waals surface area (Å²) in [5, 5.41) is 2.70. The Morgan fingerprint density at radius 3 is 2.88 bits per heavy atom. The molecule has 3 nitrogen and oxygen atoms in total. The van der Waals surface area contributed by atoms with E-state index in [9.17, 15) is 9.18 Å². The fourth-order valence-corrected chi connectivity index (χ4v) is 1.40. The number of hydrogen-bond donors (Lipinski definition) is 2. The zero-order valence-corrected chi connectivity index (χ0v) is 9.72. The summed E-state index contributed by atoms with van der Waals surface area (Å²) in [4.78, 5) is 11.6. The molecule has 0 heterocycles. The zero-order valence-electron chi connectivity index (χ0n) is 8.97. The minimum atomic E-state index is -0.620. The monoisotopic (exact) mass is 244 g/mol. The number of benzene rings is 1. The summed E-state index contributed by atoms with van der Waals surface area (Å²) in [6.45, 7) is 2.76. The predicted molar refractivity (Wildman–Crippen MR) is 62.0 cm³/mol. The van der Waals surface area contributed by atoms with Crippen molar-refractivity contribution in [2.45, 2.75) is 6.92 Å². The number of amides is 1. The lowest BCUT2D eigenvalue weighted by Crippen LogP contribution is -2.31. The quantitative estimate of drug-likeness (QED) is 0.849. The molecular formula is C11H14ClFN2O. The second-order valence-electron chi connectivity index (χ2n) is 3.65. The molecule has 0 aromatic heterocycles. The standard InChI is InChI=1S/C11H14ClFN2O/c1-7(5-14)6-15-11(16)10-8(12)3-2-4-9(10)13/h2-4,7H,5-6,14H2,1H3,(H,15,16). The fourth-order valence-electron chi connectivity index (χ4n) is 1.15. The van der Waals surface area contributed by atoms with Crippen LogP contribution in [-0.2, 0) is 0 Å². The van der Waals surface area contributed by atoms with Gasteiger partial charge in [-0.15, -0.1) is 0 Å². The minimum absolute atomic E-state index is 0.109. The van der Waals surface area contributed by atoms with Gasteiger partial charge in [0.05, 0.1) is 10.6 Å². The van der Waals surface area contributed by atoms with Crippen LogP contribution in [0.2, 0.25) is 5.02 Å². The maximum atomic E-state index is 13.3. The molecule has 0 aliphatic heterocycles. The van der Waals surface area contributed by atoms with Crippen LogP contribution in [0.1, 0.15) is 17.3 Å². The molecule has 1 amide bonds. The van der Waals surface area contributed by atoms with E-state index in [1.54, 1.807) is 0 Å². The molecule has 1 aromatic carbocycles. The van der Waals surface area contributed by atoms with Crippen LogP contribution in [0.25, 0.3) is 0 Å². The van der Waals surface area contributed by atoms with E-state index < -0.39 is 11.7 Å². The molecule has 0 fully saturated rings. The molecule has 0 bridgehead atoms. The predicted octanol–water partition coefficient (Wildman–Crippen LogP) is 1.80. The Kier molecular flexibility index (Phi) is 4.71. The smallest absolute Gasteiger partial charge is 0.255 e. The summed E-state index contributed by atoms with van der Waals surface area (Å²) < 4.78 is 13.3. The fraction of sp³-hybridized carbons (Fsp3) is 0.364. The molecule has 3 N–H and O–H groups in total. The van der Waals surface area contributed by atoms with Crippen molar-refractivity contribution >= 4 is 17.5 Å². The first kappa shape index (κ1) is 12.9. The SMILES string of the molecule is CC(CN)CNC(=O)c1c(F)cccc1Cl. The average molecular weight is 245 g/mol. The summed E-state index contributed by atoms with van der Waals surface area (Å²) in [7, 11) is 0. The van der Waals surface area contributed by atoms with Gasteiger partial charge < -0.3 is 11.1 Å². The molecule has 0 saturated heterocycles. The summed E-state index contributed by atoms with van der Waals surface area (Å²) >= 11 is 5.75. The van der Waals surface area contributed by atoms with Crippen molar-refractivity contribution in [1.29, 1.82) is 0 Å². The highest BCUT2D eigenvalue weighted by atomic mass is 35.5. The van der Waals surface area contributed by atoms with Crippen molar-refractivity contribution in [3.05, 3.63) is 34.6 Å². The molecule has 1 rings (SSSR count). The molecule has 1 aromatic rings. The lowest BCUT2D eigenvalue weighted by molar-refractivity contribution is 0.0944. The summed E-state index contributed by atoms with van der Waals surface area (Å²) in [6, 6.07) is 4.13. The van der Waals surface area contributed by atoms with Crippen LogP contribution in [0.5, 0.6) is 0 Å². The number of rotatable bonds is 4. The molecule has 0 saturated carbocycles. The second-order valence-corrected chi connectivity index (χ2v) is 4.05. The number of carbonyl (C=O) groups is 1. The van der Waals surface area contributed by atoms with E-state index in [1.807, 2.05) is 6.92 Å². The van der Waals surface area contributed by atoms with Gasteiger partial charge in [0, 0.05) is 6.54 Å². The maximum absolute atomic E-state index is 13.3. The van der Waals surface area contributed by atoms with Crippen LogP contribution in [0.15, 0.2) is 18.2 Å². The largest absolute Gasteiger partial charge is 0.352 e. The number of nitrogens with one attached hydrogen (secondary N) is 1. The summed E-state index contributed by atoms with van der Waals surface area (Å²) in [6.07, 6.45) is 0. The molecule has 0 spiro atoms. The van der Waals surface area contributed by atoms with Gasteiger partial charge in [-0.1, -0.05) is 24.6 Å². The first-order valence-corrected chi connectivity index (χ1v) is 5.36. The van der Waals surface area contributed by atoms with Crippen molar-refractivity contribution in [3.63, 3.8) is 0 Å². The van der Waals surface area contributed by atoms with Crippen molar-refractivity contribution in [2.75, 3.05) is 13.1 Å². The second kappa shape index (κ2) is 5.82. The summed E-state index contributed by atoms with van der Waals surface area (Å²) in [5.74, 6) is -0.983. The van der Waals surface area contributed by atoms with E-state index in [4.69, 9.17) is 17.3 Å². The van der Waals surface area contributed by atoms with E-state index in [1.165, 1.54) is 18.2 Å². The molecular weight excluding hydrogens is 231 g/mol. The van der Waals surface area contributed by atoms with Crippen LogP contribution < -0.4 is 11.1 Å². The first-order chi connectivity index (χ1) is 7.56. The maximum Gasteiger partial charge on any atom is 0.255 e. The Bertz CT molecular complexity index is 364. The Balaban J connectivity index is 2.73. The lowest BCUT2D eigenvalue weighted by atomic mass is 10.1. The van der Waals surface area contributed by atoms with Gasteiger partial charge in [0.25, 0.3) is 5.91 Å². The van der Waals surface area contributed by atoms with Crippen LogP contribution in [-0.4, -0.2) is 19.0 Å². The van der Waals surface area contributed by atoms with Gasteiger partial charge in [0.2, 0.25) is 0 Å². The van der Waals surface area contributed by atoms with E-state index >= 15 is 0 Å². The van der Waals surface area contributed by atoms with Crippen molar-refractivity contribution in [2.24, 2.45) is 11.7 Å². The average Bonchev–Trinajstić information content (AvgIpc) is 2.25. The molecule has 0 aliphatic rings. The lowest BCUT2D eigenvalue weighted by Gasteiger charge is -2.11. The Morgan fingerprint density at radius 2 is 2.31 bits per heavy atom. The molecule has 16 heavy (non-hydrogen) atoms. The van der Waals surface area contributed by atoms with Gasteiger partial charge in [-0.3, -0.25) is 4.79 Å². The van der Waals surface area contributed by atoms with Crippen LogP contribution in [0.4, 0.5) is 4.39 Å². The number of nitrogens with two attached hydrogens (primary N) is 1. The number of halogens is 2. The van der Waals surface area contributed by atoms with Gasteiger partial charge in [-0.05, 0) is 24.6 Å². The Morgan fingerprint density at radius 1 is 1.62 bits per heavy atom. The van der Waals surface area contributed by atoms with Gasteiger partial charge in [-0.25, -0.2) is 4.39 Å². The molecule has 1 atom stereocenters. The number of carbonyl (C=O) groups excluding carboxylic acids is 1. The highest BCUT2D eigenvalue weighted by Crippen LogP contribution is 2.18. The van der Waals surface area contributed by atoms with Crippen LogP contribution in [0.3, 0.4) is 0 Å². The normalized spacial score (nSPS) is 12.2. The van der Waals surface area contributed by atoms with Crippen LogP contribution >= 0.6 is 11.6 Å². The Labute approximate surface area is 98.8 Å². The van der Waals surface area contributed by atoms with Crippen molar-refractivity contribution in [1.82, 2.24) is 5.32 Å². The van der Waals surface area contributed by atoms with E-state index in [-0.39, 0.29) is 16.5 Å². The van der Waals surface area contributed by atoms with E-state index in [0.717, 1.165) is 0 Å². The van der Waals surface area contributed by atoms with Crippen molar-refractivity contribution in [3.8, 4) is 0 Å². The van der Waals surface area contributed by atoms with E-state index in [0.29, 0.717) is 13.1 Å². The van der Waals surface area contributed by atoms with Gasteiger partial charge in [0.15, 0.2) is 0 Å². The highest BCUT2D eigenvalue weighted by Gasteiger charge is 2.15. The molecule has 88 valence electrons. The van der Waals surface area contributed by atoms with Crippen LogP contribution in [0, 0.1) is 11.7 Å².